The van der Waals surface area contributed by atoms with Crippen LogP contribution in [-0.4, -0.2) is 23.4 Å². The number of fused-ring (bicyclic) bond motifs is 1. The van der Waals surface area contributed by atoms with Crippen LogP contribution in [0, 0.1) is 0 Å². The van der Waals surface area contributed by atoms with Gasteiger partial charge in [0.15, 0.2) is 11.5 Å². The predicted molar refractivity (Wildman–Crippen MR) is 94.0 cm³/mol. The number of nitrogens with one attached hydrogen (secondary N) is 2. The Morgan fingerprint density at radius 3 is 2.58 bits per heavy atom. The van der Waals surface area contributed by atoms with Crippen LogP contribution in [0.15, 0.2) is 42.5 Å². The standard InChI is InChI=1S/C17H15BrN2O4/c1-10(18)16(21)19-12-4-2-3-11(7-12)17(22)20-13-5-6-14-15(8-13)24-9-23-14/h2-8,10H,9H2,1H3,(H,19,21)(H,20,22). The van der Waals surface area contributed by atoms with Gasteiger partial charge in [0, 0.05) is 23.0 Å². The molecule has 2 aromatic rings. The average molecular weight is 391 g/mol. The van der Waals surface area contributed by atoms with Crippen molar-refractivity contribution < 1.29 is 19.1 Å². The highest BCUT2D eigenvalue weighted by Gasteiger charge is 2.15. The molecule has 1 atom stereocenters. The first kappa shape index (κ1) is 16.3. The maximum absolute atomic E-state index is 12.4. The molecule has 1 aliphatic heterocycles. The second-order valence-electron chi connectivity index (χ2n) is 5.21. The number of carbonyl (C=O) groups excluding carboxylic acids is 2. The largest absolute Gasteiger partial charge is 0.454 e. The van der Waals surface area contributed by atoms with E-state index in [0.717, 1.165) is 0 Å². The van der Waals surface area contributed by atoms with Crippen LogP contribution in [0.5, 0.6) is 11.5 Å². The summed E-state index contributed by atoms with van der Waals surface area (Å²) in [6.07, 6.45) is 0. The summed E-state index contributed by atoms with van der Waals surface area (Å²) >= 11 is 3.20. The molecule has 0 bridgehead atoms. The summed E-state index contributed by atoms with van der Waals surface area (Å²) in [5, 5.41) is 5.53. The predicted octanol–water partition coefficient (Wildman–Crippen LogP) is 3.39. The van der Waals surface area contributed by atoms with Gasteiger partial charge in [0.05, 0.1) is 4.83 Å². The Kier molecular flexibility index (Phi) is 4.71. The minimum Gasteiger partial charge on any atom is -0.454 e. The van der Waals surface area contributed by atoms with Crippen molar-refractivity contribution in [3.8, 4) is 11.5 Å². The van der Waals surface area contributed by atoms with E-state index < -0.39 is 0 Å². The van der Waals surface area contributed by atoms with E-state index in [0.29, 0.717) is 28.4 Å². The van der Waals surface area contributed by atoms with Crippen LogP contribution in [0.1, 0.15) is 17.3 Å². The SMILES string of the molecule is CC(Br)C(=O)Nc1cccc(C(=O)Nc2ccc3c(c2)OCO3)c1. The zero-order valence-corrected chi connectivity index (χ0v) is 14.4. The monoisotopic (exact) mass is 390 g/mol. The molecular formula is C17H15BrN2O4. The van der Waals surface area contributed by atoms with Crippen molar-refractivity contribution in [2.45, 2.75) is 11.8 Å². The Bertz CT molecular complexity index is 792. The maximum atomic E-state index is 12.4. The summed E-state index contributed by atoms with van der Waals surface area (Å²) in [6.45, 7) is 1.91. The molecular weight excluding hydrogens is 376 g/mol. The van der Waals surface area contributed by atoms with Gasteiger partial charge in [-0.15, -0.1) is 0 Å². The van der Waals surface area contributed by atoms with Crippen molar-refractivity contribution in [2.24, 2.45) is 0 Å². The lowest BCUT2D eigenvalue weighted by Gasteiger charge is -2.09. The lowest BCUT2D eigenvalue weighted by molar-refractivity contribution is -0.115. The van der Waals surface area contributed by atoms with Crippen LogP contribution in [-0.2, 0) is 4.79 Å². The molecule has 2 amide bonds. The average Bonchev–Trinajstić information content (AvgIpc) is 3.02. The first-order valence-corrected chi connectivity index (χ1v) is 8.20. The molecule has 0 saturated heterocycles. The fraction of sp³-hybridized carbons (Fsp3) is 0.176. The topological polar surface area (TPSA) is 76.7 Å². The van der Waals surface area contributed by atoms with E-state index in [-0.39, 0.29) is 23.4 Å². The normalized spacial score (nSPS) is 13.2. The van der Waals surface area contributed by atoms with Gasteiger partial charge in [-0.2, -0.15) is 0 Å². The molecule has 0 fully saturated rings. The third-order valence-electron chi connectivity index (χ3n) is 3.38. The highest BCUT2D eigenvalue weighted by Crippen LogP contribution is 2.34. The Labute approximate surface area is 147 Å². The molecule has 0 aromatic heterocycles. The third kappa shape index (κ3) is 3.68. The van der Waals surface area contributed by atoms with Crippen molar-refractivity contribution in [2.75, 3.05) is 17.4 Å². The number of hydrogen-bond donors (Lipinski definition) is 2. The summed E-state index contributed by atoms with van der Waals surface area (Å²) in [6, 6.07) is 11.9. The maximum Gasteiger partial charge on any atom is 0.255 e. The molecule has 124 valence electrons. The zero-order valence-electron chi connectivity index (χ0n) is 12.8. The smallest absolute Gasteiger partial charge is 0.255 e. The molecule has 3 rings (SSSR count). The van der Waals surface area contributed by atoms with E-state index in [2.05, 4.69) is 26.6 Å². The van der Waals surface area contributed by atoms with Crippen LogP contribution >= 0.6 is 15.9 Å². The summed E-state index contributed by atoms with van der Waals surface area (Å²) in [5.74, 6) is 0.793. The van der Waals surface area contributed by atoms with Crippen LogP contribution in [0.25, 0.3) is 0 Å². The number of hydrogen-bond acceptors (Lipinski definition) is 4. The number of amides is 2. The quantitative estimate of drug-likeness (QED) is 0.784. The fourth-order valence-electron chi connectivity index (χ4n) is 2.16. The van der Waals surface area contributed by atoms with Gasteiger partial charge < -0.3 is 20.1 Å². The van der Waals surface area contributed by atoms with Gasteiger partial charge in [0.1, 0.15) is 0 Å². The van der Waals surface area contributed by atoms with Gasteiger partial charge in [-0.25, -0.2) is 0 Å². The minimum absolute atomic E-state index is 0.177. The number of benzene rings is 2. The molecule has 1 unspecified atom stereocenters. The Hall–Kier alpha value is -2.54. The van der Waals surface area contributed by atoms with Crippen LogP contribution in [0.4, 0.5) is 11.4 Å². The van der Waals surface area contributed by atoms with Gasteiger partial charge in [-0.3, -0.25) is 9.59 Å². The van der Waals surface area contributed by atoms with Crippen molar-refractivity contribution in [3.63, 3.8) is 0 Å². The lowest BCUT2D eigenvalue weighted by Crippen LogP contribution is -2.20. The van der Waals surface area contributed by atoms with Gasteiger partial charge in [0.2, 0.25) is 12.7 Å². The van der Waals surface area contributed by atoms with Crippen molar-refractivity contribution in [1.29, 1.82) is 0 Å². The molecule has 7 heteroatoms. The molecule has 2 aromatic carbocycles. The summed E-state index contributed by atoms with van der Waals surface area (Å²) < 4.78 is 10.5. The summed E-state index contributed by atoms with van der Waals surface area (Å²) in [4.78, 5) is 23.8. The number of anilines is 2. The van der Waals surface area contributed by atoms with Crippen LogP contribution in [0.2, 0.25) is 0 Å². The highest BCUT2D eigenvalue weighted by molar-refractivity contribution is 9.10. The van der Waals surface area contributed by atoms with E-state index in [1.807, 2.05) is 0 Å². The van der Waals surface area contributed by atoms with Crippen molar-refractivity contribution >= 4 is 39.1 Å². The van der Waals surface area contributed by atoms with Crippen LogP contribution < -0.4 is 20.1 Å². The third-order valence-corrected chi connectivity index (χ3v) is 3.80. The van der Waals surface area contributed by atoms with E-state index in [1.165, 1.54) is 0 Å². The summed E-state index contributed by atoms with van der Waals surface area (Å²) in [5.41, 5.74) is 1.60. The molecule has 0 spiro atoms. The fourth-order valence-corrected chi connectivity index (χ4v) is 2.27. The Morgan fingerprint density at radius 2 is 1.79 bits per heavy atom. The van der Waals surface area contributed by atoms with E-state index in [1.54, 1.807) is 49.4 Å². The first-order chi connectivity index (χ1) is 11.5. The van der Waals surface area contributed by atoms with Gasteiger partial charge >= 0.3 is 0 Å². The van der Waals surface area contributed by atoms with Gasteiger partial charge in [0.25, 0.3) is 5.91 Å². The number of carbonyl (C=O) groups is 2. The van der Waals surface area contributed by atoms with Gasteiger partial charge in [-0.1, -0.05) is 22.0 Å². The molecule has 0 aliphatic carbocycles. The molecule has 2 N–H and O–H groups in total. The van der Waals surface area contributed by atoms with Crippen molar-refractivity contribution in [1.82, 2.24) is 0 Å². The molecule has 1 aliphatic rings. The Balaban J connectivity index is 1.72. The Morgan fingerprint density at radius 1 is 1.04 bits per heavy atom. The number of rotatable bonds is 4. The second-order valence-corrected chi connectivity index (χ2v) is 6.58. The highest BCUT2D eigenvalue weighted by atomic mass is 79.9. The number of ether oxygens (including phenoxy) is 2. The lowest BCUT2D eigenvalue weighted by atomic mass is 10.1. The van der Waals surface area contributed by atoms with E-state index >= 15 is 0 Å². The molecule has 1 heterocycles. The van der Waals surface area contributed by atoms with Gasteiger partial charge in [-0.05, 0) is 37.3 Å². The van der Waals surface area contributed by atoms with E-state index in [4.69, 9.17) is 9.47 Å². The molecule has 0 saturated carbocycles. The summed E-state index contributed by atoms with van der Waals surface area (Å²) in [7, 11) is 0. The first-order valence-electron chi connectivity index (χ1n) is 7.29. The minimum atomic E-state index is -0.316. The number of halogens is 1. The second kappa shape index (κ2) is 6.92. The molecule has 0 radical (unpaired) electrons. The van der Waals surface area contributed by atoms with Crippen LogP contribution in [0.3, 0.4) is 0 Å². The molecule has 6 nitrogen and oxygen atoms in total. The number of alkyl halides is 1. The zero-order chi connectivity index (χ0) is 17.1. The molecule has 24 heavy (non-hydrogen) atoms. The van der Waals surface area contributed by atoms with Crippen molar-refractivity contribution in [3.05, 3.63) is 48.0 Å². The van der Waals surface area contributed by atoms with E-state index in [9.17, 15) is 9.59 Å².